The molecule has 0 aromatic heterocycles. The van der Waals surface area contributed by atoms with Crippen LogP contribution >= 0.6 is 31.9 Å². The van der Waals surface area contributed by atoms with Crippen molar-refractivity contribution in [1.29, 1.82) is 0 Å². The number of benzene rings is 2. The summed E-state index contributed by atoms with van der Waals surface area (Å²) in [6.45, 7) is 2.54. The molecule has 6 heteroatoms. The van der Waals surface area contributed by atoms with Crippen LogP contribution in [0.4, 0.5) is 11.4 Å². The van der Waals surface area contributed by atoms with Crippen LogP contribution in [-0.4, -0.2) is 4.92 Å². The molecule has 0 amide bonds. The molecule has 0 fully saturated rings. The molecule has 1 N–H and O–H groups in total. The van der Waals surface area contributed by atoms with Gasteiger partial charge in [-0.15, -0.1) is 0 Å². The molecular weight excluding hydrogens is 388 g/mol. The second kappa shape index (κ2) is 6.37. The smallest absolute Gasteiger partial charge is 0.270 e. The quantitative estimate of drug-likeness (QED) is 0.578. The third-order valence-corrected chi connectivity index (χ3v) is 4.22. The van der Waals surface area contributed by atoms with Crippen molar-refractivity contribution in [1.82, 2.24) is 0 Å². The Kier molecular flexibility index (Phi) is 4.77. The van der Waals surface area contributed by atoms with Gasteiger partial charge in [0.2, 0.25) is 0 Å². The van der Waals surface area contributed by atoms with Crippen molar-refractivity contribution in [2.24, 2.45) is 0 Å². The molecule has 0 radical (unpaired) electrons. The second-order valence-corrected chi connectivity index (χ2v) is 6.11. The van der Waals surface area contributed by atoms with Gasteiger partial charge in [-0.3, -0.25) is 10.1 Å². The number of nitrogens with one attached hydrogen (secondary N) is 1. The Balaban J connectivity index is 2.19. The third-order valence-electron chi connectivity index (χ3n) is 2.90. The molecule has 4 nitrogen and oxygen atoms in total. The number of hydrogen-bond acceptors (Lipinski definition) is 3. The van der Waals surface area contributed by atoms with Crippen LogP contribution < -0.4 is 5.32 Å². The van der Waals surface area contributed by atoms with E-state index in [9.17, 15) is 10.1 Å². The number of hydrogen-bond donors (Lipinski definition) is 1. The molecule has 0 saturated heterocycles. The molecule has 2 aromatic rings. The van der Waals surface area contributed by atoms with Gasteiger partial charge in [0, 0.05) is 33.3 Å². The maximum atomic E-state index is 10.8. The zero-order valence-corrected chi connectivity index (χ0v) is 13.9. The van der Waals surface area contributed by atoms with Crippen molar-refractivity contribution in [2.45, 2.75) is 13.5 Å². The molecule has 20 heavy (non-hydrogen) atoms. The lowest BCUT2D eigenvalue weighted by Crippen LogP contribution is -2.02. The Morgan fingerprint density at radius 3 is 2.70 bits per heavy atom. The standard InChI is InChI=1S/C14H12Br2N2O2/c1-9-13(16)3-2-4-14(9)17-8-10-5-11(15)7-12(6-10)18(19)20/h2-7,17H,8H2,1H3. The van der Waals surface area contributed by atoms with Gasteiger partial charge >= 0.3 is 0 Å². The van der Waals surface area contributed by atoms with Gasteiger partial charge in [-0.25, -0.2) is 0 Å². The van der Waals surface area contributed by atoms with Crippen molar-refractivity contribution in [2.75, 3.05) is 5.32 Å². The second-order valence-electron chi connectivity index (χ2n) is 4.34. The van der Waals surface area contributed by atoms with E-state index in [-0.39, 0.29) is 5.69 Å². The molecule has 0 atom stereocenters. The van der Waals surface area contributed by atoms with Crippen LogP contribution in [0.2, 0.25) is 0 Å². The Morgan fingerprint density at radius 1 is 1.25 bits per heavy atom. The Hall–Kier alpha value is -1.40. The fraction of sp³-hybridized carbons (Fsp3) is 0.143. The van der Waals surface area contributed by atoms with E-state index in [0.717, 1.165) is 21.3 Å². The van der Waals surface area contributed by atoms with Crippen LogP contribution in [0.15, 0.2) is 45.3 Å². The minimum atomic E-state index is -0.390. The summed E-state index contributed by atoms with van der Waals surface area (Å²) in [4.78, 5) is 10.4. The van der Waals surface area contributed by atoms with Crippen LogP contribution in [0.5, 0.6) is 0 Å². The van der Waals surface area contributed by atoms with Crippen molar-refractivity contribution in [3.05, 3.63) is 66.6 Å². The molecule has 0 aliphatic carbocycles. The molecule has 0 aliphatic heterocycles. The van der Waals surface area contributed by atoms with Gasteiger partial charge < -0.3 is 5.32 Å². The first-order chi connectivity index (χ1) is 9.47. The molecular formula is C14H12Br2N2O2. The number of non-ortho nitro benzene ring substituents is 1. The highest BCUT2D eigenvalue weighted by molar-refractivity contribution is 9.10. The van der Waals surface area contributed by atoms with Crippen LogP contribution in [0, 0.1) is 17.0 Å². The summed E-state index contributed by atoms with van der Waals surface area (Å²) >= 11 is 6.77. The maximum Gasteiger partial charge on any atom is 0.270 e. The predicted molar refractivity (Wildman–Crippen MR) is 87.0 cm³/mol. The largest absolute Gasteiger partial charge is 0.381 e. The fourth-order valence-electron chi connectivity index (χ4n) is 1.84. The van der Waals surface area contributed by atoms with E-state index in [1.807, 2.05) is 31.2 Å². The van der Waals surface area contributed by atoms with Gasteiger partial charge in [0.1, 0.15) is 0 Å². The zero-order valence-electron chi connectivity index (χ0n) is 10.7. The minimum Gasteiger partial charge on any atom is -0.381 e. The predicted octanol–water partition coefficient (Wildman–Crippen LogP) is 5.04. The summed E-state index contributed by atoms with van der Waals surface area (Å²) in [5.74, 6) is 0. The number of anilines is 1. The molecule has 0 unspecified atom stereocenters. The van der Waals surface area contributed by atoms with Crippen molar-refractivity contribution in [3.63, 3.8) is 0 Å². The van der Waals surface area contributed by atoms with E-state index in [1.54, 1.807) is 6.07 Å². The van der Waals surface area contributed by atoms with E-state index in [0.29, 0.717) is 11.0 Å². The Labute approximate surface area is 133 Å². The van der Waals surface area contributed by atoms with E-state index in [1.165, 1.54) is 6.07 Å². The lowest BCUT2D eigenvalue weighted by atomic mass is 10.1. The number of nitro groups is 1. The molecule has 104 valence electrons. The van der Waals surface area contributed by atoms with E-state index in [4.69, 9.17) is 0 Å². The molecule has 0 aliphatic rings. The molecule has 0 saturated carbocycles. The average molecular weight is 400 g/mol. The van der Waals surface area contributed by atoms with Gasteiger partial charge in [-0.1, -0.05) is 37.9 Å². The van der Waals surface area contributed by atoms with Gasteiger partial charge in [0.15, 0.2) is 0 Å². The van der Waals surface area contributed by atoms with Crippen LogP contribution in [0.3, 0.4) is 0 Å². The number of halogens is 2. The lowest BCUT2D eigenvalue weighted by Gasteiger charge is -2.11. The topological polar surface area (TPSA) is 55.2 Å². The summed E-state index contributed by atoms with van der Waals surface area (Å²) in [5.41, 5.74) is 3.05. The maximum absolute atomic E-state index is 10.8. The van der Waals surface area contributed by atoms with Gasteiger partial charge in [-0.2, -0.15) is 0 Å². The van der Waals surface area contributed by atoms with Gasteiger partial charge in [-0.05, 0) is 36.2 Å². The fourth-order valence-corrected chi connectivity index (χ4v) is 2.73. The number of nitro benzene ring substituents is 1. The highest BCUT2D eigenvalue weighted by Gasteiger charge is 2.09. The summed E-state index contributed by atoms with van der Waals surface area (Å²) in [7, 11) is 0. The van der Waals surface area contributed by atoms with Crippen LogP contribution in [0.1, 0.15) is 11.1 Å². The van der Waals surface area contributed by atoms with Gasteiger partial charge in [0.25, 0.3) is 5.69 Å². The molecule has 2 aromatic carbocycles. The number of rotatable bonds is 4. The summed E-state index contributed by atoms with van der Waals surface area (Å²) in [5, 5.41) is 14.1. The summed E-state index contributed by atoms with van der Waals surface area (Å²) < 4.78 is 1.73. The molecule has 0 heterocycles. The first kappa shape index (κ1) is 15.0. The Bertz CT molecular complexity index is 660. The van der Waals surface area contributed by atoms with E-state index < -0.39 is 4.92 Å². The number of nitrogens with zero attached hydrogens (tertiary/aromatic N) is 1. The molecule has 0 bridgehead atoms. The first-order valence-electron chi connectivity index (χ1n) is 5.90. The highest BCUT2D eigenvalue weighted by atomic mass is 79.9. The van der Waals surface area contributed by atoms with Crippen molar-refractivity contribution >= 4 is 43.2 Å². The SMILES string of the molecule is Cc1c(Br)cccc1NCc1cc(Br)cc([N+](=O)[O-])c1. The van der Waals surface area contributed by atoms with Gasteiger partial charge in [0.05, 0.1) is 4.92 Å². The van der Waals surface area contributed by atoms with Crippen molar-refractivity contribution < 1.29 is 4.92 Å². The monoisotopic (exact) mass is 398 g/mol. The van der Waals surface area contributed by atoms with E-state index >= 15 is 0 Å². The first-order valence-corrected chi connectivity index (χ1v) is 7.49. The highest BCUT2D eigenvalue weighted by Crippen LogP contribution is 2.25. The Morgan fingerprint density at radius 2 is 2.00 bits per heavy atom. The van der Waals surface area contributed by atoms with Crippen molar-refractivity contribution in [3.8, 4) is 0 Å². The average Bonchev–Trinajstić information content (AvgIpc) is 2.40. The summed E-state index contributed by atoms with van der Waals surface area (Å²) in [6, 6.07) is 10.8. The molecule has 0 spiro atoms. The minimum absolute atomic E-state index is 0.0853. The van der Waals surface area contributed by atoms with Crippen LogP contribution in [0.25, 0.3) is 0 Å². The summed E-state index contributed by atoms with van der Waals surface area (Å²) in [6.07, 6.45) is 0. The molecule has 2 rings (SSSR count). The zero-order chi connectivity index (χ0) is 14.7. The normalized spacial score (nSPS) is 10.3. The van der Waals surface area contributed by atoms with E-state index in [2.05, 4.69) is 37.2 Å². The third kappa shape index (κ3) is 3.58. The lowest BCUT2D eigenvalue weighted by molar-refractivity contribution is -0.385. The van der Waals surface area contributed by atoms with Crippen LogP contribution in [-0.2, 0) is 6.54 Å².